The molecule has 0 unspecified atom stereocenters. The highest BCUT2D eigenvalue weighted by Crippen LogP contribution is 2.30. The number of aldehydes is 1. The molecular formula is C16H16Cl2N2O3S. The Kier molecular flexibility index (Phi) is 5.85. The van der Waals surface area contributed by atoms with Gasteiger partial charge in [-0.15, -0.1) is 0 Å². The minimum Gasteiger partial charge on any atom is -0.443 e. The SMILES string of the molecule is CC(C)(C)OC(=O)N(Cc1ccc(Cl)cc1)c1nc(Cl)c(C=O)s1. The number of anilines is 1. The maximum Gasteiger partial charge on any atom is 0.416 e. The molecule has 8 heteroatoms. The first-order valence-electron chi connectivity index (χ1n) is 7.06. The molecule has 0 bridgehead atoms. The van der Waals surface area contributed by atoms with Crippen molar-refractivity contribution in [1.82, 2.24) is 4.98 Å². The first-order valence-corrected chi connectivity index (χ1v) is 8.63. The maximum absolute atomic E-state index is 12.6. The van der Waals surface area contributed by atoms with Crippen LogP contribution in [-0.2, 0) is 11.3 Å². The van der Waals surface area contributed by atoms with Gasteiger partial charge in [-0.1, -0.05) is 46.7 Å². The van der Waals surface area contributed by atoms with Crippen LogP contribution in [0.1, 0.15) is 36.0 Å². The van der Waals surface area contributed by atoms with E-state index >= 15 is 0 Å². The van der Waals surface area contributed by atoms with Crippen molar-refractivity contribution in [2.24, 2.45) is 0 Å². The third-order valence-corrected chi connectivity index (χ3v) is 4.46. The predicted octanol–water partition coefficient (Wildman–Crippen LogP) is 5.20. The number of ether oxygens (including phenoxy) is 1. The molecule has 5 nitrogen and oxygen atoms in total. The van der Waals surface area contributed by atoms with Crippen molar-refractivity contribution in [3.8, 4) is 0 Å². The van der Waals surface area contributed by atoms with E-state index in [-0.39, 0.29) is 16.6 Å². The van der Waals surface area contributed by atoms with Crippen molar-refractivity contribution in [1.29, 1.82) is 0 Å². The van der Waals surface area contributed by atoms with Gasteiger partial charge in [-0.3, -0.25) is 4.79 Å². The summed E-state index contributed by atoms with van der Waals surface area (Å²) in [6.07, 6.45) is 0.0410. The molecule has 0 spiro atoms. The van der Waals surface area contributed by atoms with Crippen molar-refractivity contribution in [2.45, 2.75) is 32.9 Å². The van der Waals surface area contributed by atoms with E-state index < -0.39 is 11.7 Å². The molecule has 2 rings (SSSR count). The average molecular weight is 387 g/mol. The Balaban J connectivity index is 2.34. The molecule has 1 aromatic carbocycles. The van der Waals surface area contributed by atoms with Gasteiger partial charge in [0.2, 0.25) is 0 Å². The second kappa shape index (κ2) is 7.51. The third-order valence-electron chi connectivity index (χ3n) is 2.80. The Morgan fingerprint density at radius 1 is 1.29 bits per heavy atom. The third kappa shape index (κ3) is 4.93. The number of aromatic nitrogens is 1. The van der Waals surface area contributed by atoms with E-state index in [0.717, 1.165) is 16.9 Å². The number of rotatable bonds is 4. The number of hydrogen-bond acceptors (Lipinski definition) is 5. The summed E-state index contributed by atoms with van der Waals surface area (Å²) in [5.74, 6) is 0. The molecular weight excluding hydrogens is 371 g/mol. The summed E-state index contributed by atoms with van der Waals surface area (Å²) < 4.78 is 5.43. The van der Waals surface area contributed by atoms with Gasteiger partial charge in [0, 0.05) is 5.02 Å². The van der Waals surface area contributed by atoms with E-state index in [4.69, 9.17) is 27.9 Å². The highest BCUT2D eigenvalue weighted by molar-refractivity contribution is 7.17. The van der Waals surface area contributed by atoms with Crippen LogP contribution in [0.4, 0.5) is 9.93 Å². The lowest BCUT2D eigenvalue weighted by atomic mass is 10.2. The van der Waals surface area contributed by atoms with Gasteiger partial charge in [0.15, 0.2) is 16.6 Å². The first-order chi connectivity index (χ1) is 11.2. The van der Waals surface area contributed by atoms with Crippen LogP contribution in [0.3, 0.4) is 0 Å². The minimum absolute atomic E-state index is 0.0645. The second-order valence-electron chi connectivity index (χ2n) is 5.96. The van der Waals surface area contributed by atoms with Crippen LogP contribution < -0.4 is 4.90 Å². The lowest BCUT2D eigenvalue weighted by Gasteiger charge is -2.25. The molecule has 2 aromatic rings. The zero-order chi connectivity index (χ0) is 17.9. The number of carbonyl (C=O) groups is 2. The fraction of sp³-hybridized carbons (Fsp3) is 0.312. The Hall–Kier alpha value is -1.63. The molecule has 0 radical (unpaired) electrons. The van der Waals surface area contributed by atoms with Gasteiger partial charge in [0.1, 0.15) is 10.5 Å². The van der Waals surface area contributed by atoms with E-state index in [9.17, 15) is 9.59 Å². The molecule has 1 heterocycles. The fourth-order valence-corrected chi connectivity index (χ4v) is 2.97. The van der Waals surface area contributed by atoms with E-state index in [1.165, 1.54) is 4.90 Å². The first kappa shape index (κ1) is 18.7. The molecule has 0 aliphatic heterocycles. The number of carbonyl (C=O) groups excluding carboxylic acids is 2. The Labute approximate surface area is 154 Å². The van der Waals surface area contributed by atoms with Crippen molar-refractivity contribution >= 4 is 52.0 Å². The molecule has 0 aliphatic carbocycles. The van der Waals surface area contributed by atoms with Crippen molar-refractivity contribution < 1.29 is 14.3 Å². The molecule has 24 heavy (non-hydrogen) atoms. The average Bonchev–Trinajstić information content (AvgIpc) is 2.85. The fourth-order valence-electron chi connectivity index (χ4n) is 1.79. The molecule has 0 N–H and O–H groups in total. The monoisotopic (exact) mass is 386 g/mol. The highest BCUT2D eigenvalue weighted by atomic mass is 35.5. The number of hydrogen-bond donors (Lipinski definition) is 0. The molecule has 1 aromatic heterocycles. The van der Waals surface area contributed by atoms with Gasteiger partial charge in [-0.25, -0.2) is 14.7 Å². The number of halogens is 2. The molecule has 0 saturated heterocycles. The summed E-state index contributed by atoms with van der Waals surface area (Å²) in [6.45, 7) is 5.54. The summed E-state index contributed by atoms with van der Waals surface area (Å²) >= 11 is 12.8. The quantitative estimate of drug-likeness (QED) is 0.677. The Morgan fingerprint density at radius 2 is 1.92 bits per heavy atom. The smallest absolute Gasteiger partial charge is 0.416 e. The van der Waals surface area contributed by atoms with Crippen LogP contribution in [0.2, 0.25) is 10.2 Å². The molecule has 0 atom stereocenters. The molecule has 1 amide bonds. The van der Waals surface area contributed by atoms with Gasteiger partial charge in [0.25, 0.3) is 0 Å². The minimum atomic E-state index is -0.663. The van der Waals surface area contributed by atoms with Crippen molar-refractivity contribution in [2.75, 3.05) is 4.90 Å². The summed E-state index contributed by atoms with van der Waals surface area (Å²) in [5.41, 5.74) is 0.174. The maximum atomic E-state index is 12.6. The number of benzene rings is 1. The van der Waals surface area contributed by atoms with Gasteiger partial charge < -0.3 is 4.74 Å². The van der Waals surface area contributed by atoms with E-state index in [2.05, 4.69) is 4.98 Å². The van der Waals surface area contributed by atoms with Crippen LogP contribution in [0, 0.1) is 0 Å². The second-order valence-corrected chi connectivity index (χ2v) is 7.77. The molecule has 0 saturated carbocycles. The Morgan fingerprint density at radius 3 is 2.42 bits per heavy atom. The predicted molar refractivity (Wildman–Crippen MR) is 96.4 cm³/mol. The van der Waals surface area contributed by atoms with Crippen molar-refractivity contribution in [3.05, 3.63) is 44.9 Å². The summed E-state index contributed by atoms with van der Waals surface area (Å²) in [6, 6.07) is 7.07. The van der Waals surface area contributed by atoms with Crippen LogP contribution in [-0.4, -0.2) is 23.0 Å². The zero-order valence-corrected chi connectivity index (χ0v) is 15.7. The summed E-state index contributed by atoms with van der Waals surface area (Å²) in [7, 11) is 0. The van der Waals surface area contributed by atoms with Crippen molar-refractivity contribution in [3.63, 3.8) is 0 Å². The standard InChI is InChI=1S/C16H16Cl2N2O3S/c1-16(2,3)23-15(22)20(8-10-4-6-11(17)7-5-10)14-19-13(18)12(9-21)24-14/h4-7,9H,8H2,1-3H3. The van der Waals surface area contributed by atoms with E-state index in [1.54, 1.807) is 45.0 Å². The largest absolute Gasteiger partial charge is 0.443 e. The number of nitrogens with zero attached hydrogens (tertiary/aromatic N) is 2. The highest BCUT2D eigenvalue weighted by Gasteiger charge is 2.27. The topological polar surface area (TPSA) is 59.5 Å². The lowest BCUT2D eigenvalue weighted by molar-refractivity contribution is 0.0577. The van der Waals surface area contributed by atoms with Gasteiger partial charge in [-0.2, -0.15) is 0 Å². The van der Waals surface area contributed by atoms with Crippen LogP contribution in [0.15, 0.2) is 24.3 Å². The normalized spacial score (nSPS) is 11.2. The molecule has 0 aliphatic rings. The number of amides is 1. The molecule has 128 valence electrons. The number of thiazole rings is 1. The summed E-state index contributed by atoms with van der Waals surface area (Å²) in [4.78, 5) is 29.3. The van der Waals surface area contributed by atoms with Crippen LogP contribution >= 0.6 is 34.5 Å². The lowest BCUT2D eigenvalue weighted by Crippen LogP contribution is -2.36. The summed E-state index contributed by atoms with van der Waals surface area (Å²) in [5, 5.41) is 0.962. The van der Waals surface area contributed by atoms with Gasteiger partial charge >= 0.3 is 6.09 Å². The van der Waals surface area contributed by atoms with Gasteiger partial charge in [-0.05, 0) is 38.5 Å². The zero-order valence-electron chi connectivity index (χ0n) is 13.4. The molecule has 0 fully saturated rings. The van der Waals surface area contributed by atoms with Crippen LogP contribution in [0.5, 0.6) is 0 Å². The van der Waals surface area contributed by atoms with E-state index in [1.807, 2.05) is 0 Å². The van der Waals surface area contributed by atoms with E-state index in [0.29, 0.717) is 16.4 Å². The van der Waals surface area contributed by atoms with Gasteiger partial charge in [0.05, 0.1) is 6.54 Å². The Bertz CT molecular complexity index is 739. The van der Waals surface area contributed by atoms with Crippen LogP contribution in [0.25, 0.3) is 0 Å².